The Labute approximate surface area is 132 Å². The van der Waals surface area contributed by atoms with E-state index in [2.05, 4.69) is 5.32 Å². The van der Waals surface area contributed by atoms with Gasteiger partial charge in [0.2, 0.25) is 5.91 Å². The molecule has 23 heavy (non-hydrogen) atoms. The molecule has 1 aliphatic rings. The summed E-state index contributed by atoms with van der Waals surface area (Å²) in [7, 11) is 1.41. The number of hydrogen-bond acceptors (Lipinski definition) is 5. The fourth-order valence-corrected chi connectivity index (χ4v) is 2.47. The summed E-state index contributed by atoms with van der Waals surface area (Å²) in [6, 6.07) is 3.57. The Hall–Kier alpha value is -2.84. The summed E-state index contributed by atoms with van der Waals surface area (Å²) in [6.45, 7) is 0.799. The molecule has 0 aliphatic carbocycles. The summed E-state index contributed by atoms with van der Waals surface area (Å²) in [5.41, 5.74) is 5.34. The lowest BCUT2D eigenvalue weighted by molar-refractivity contribution is -0.384. The Kier molecular flexibility index (Phi) is 4.99. The second-order valence-electron chi connectivity index (χ2n) is 5.24. The van der Waals surface area contributed by atoms with Gasteiger partial charge in [0.05, 0.1) is 17.7 Å². The fraction of sp³-hybridized carbons (Fsp3) is 0.429. The molecule has 0 aromatic heterocycles. The number of non-ortho nitro benzene ring substituents is 1. The quantitative estimate of drug-likeness (QED) is 0.638. The van der Waals surface area contributed by atoms with Gasteiger partial charge in [-0.3, -0.25) is 14.9 Å². The summed E-state index contributed by atoms with van der Waals surface area (Å²) >= 11 is 0. The number of benzene rings is 1. The van der Waals surface area contributed by atoms with Gasteiger partial charge in [0.25, 0.3) is 5.69 Å². The first-order valence-corrected chi connectivity index (χ1v) is 7.10. The molecule has 3 N–H and O–H groups in total. The predicted octanol–water partition coefficient (Wildman–Crippen LogP) is 1.33. The number of likely N-dealkylation sites (tertiary alicyclic amines) is 1. The molecule has 1 heterocycles. The van der Waals surface area contributed by atoms with Crippen molar-refractivity contribution in [3.05, 3.63) is 28.3 Å². The number of nitro benzene ring substituents is 1. The standard InChI is InChI=1S/C14H18N4O5/c1-23-12-3-2-10(18(21)22)8-11(12)16-14(20)17-6-4-9(5-7-17)13(15)19/h2-3,8-9H,4-7H2,1H3,(H2,15,19)(H,16,20). The molecule has 9 nitrogen and oxygen atoms in total. The largest absolute Gasteiger partial charge is 0.495 e. The van der Waals surface area contributed by atoms with Crippen LogP contribution in [-0.4, -0.2) is 42.0 Å². The lowest BCUT2D eigenvalue weighted by atomic mass is 9.96. The summed E-state index contributed by atoms with van der Waals surface area (Å²) in [6.07, 6.45) is 1.02. The van der Waals surface area contributed by atoms with E-state index in [4.69, 9.17) is 10.5 Å². The fourth-order valence-electron chi connectivity index (χ4n) is 2.47. The molecule has 9 heteroatoms. The Morgan fingerprint density at radius 3 is 2.57 bits per heavy atom. The Morgan fingerprint density at radius 2 is 2.04 bits per heavy atom. The van der Waals surface area contributed by atoms with E-state index in [1.165, 1.54) is 30.2 Å². The second kappa shape index (κ2) is 6.95. The van der Waals surface area contributed by atoms with Gasteiger partial charge < -0.3 is 20.7 Å². The number of piperidine rings is 1. The van der Waals surface area contributed by atoms with Crippen molar-refractivity contribution in [2.75, 3.05) is 25.5 Å². The van der Waals surface area contributed by atoms with Crippen molar-refractivity contribution in [3.63, 3.8) is 0 Å². The van der Waals surface area contributed by atoms with Gasteiger partial charge in [0.15, 0.2) is 0 Å². The number of nitro groups is 1. The van der Waals surface area contributed by atoms with Crippen molar-refractivity contribution in [1.29, 1.82) is 0 Å². The van der Waals surface area contributed by atoms with Gasteiger partial charge in [-0.05, 0) is 18.9 Å². The van der Waals surface area contributed by atoms with Crippen molar-refractivity contribution in [2.45, 2.75) is 12.8 Å². The molecule has 2 rings (SSSR count). The molecule has 0 unspecified atom stereocenters. The average molecular weight is 322 g/mol. The van der Waals surface area contributed by atoms with Crippen molar-refractivity contribution in [3.8, 4) is 5.75 Å². The van der Waals surface area contributed by atoms with Crippen LogP contribution in [0.4, 0.5) is 16.2 Å². The monoisotopic (exact) mass is 322 g/mol. The van der Waals surface area contributed by atoms with Crippen molar-refractivity contribution in [1.82, 2.24) is 4.90 Å². The van der Waals surface area contributed by atoms with Crippen molar-refractivity contribution >= 4 is 23.3 Å². The van der Waals surface area contributed by atoms with Gasteiger partial charge >= 0.3 is 6.03 Å². The molecular weight excluding hydrogens is 304 g/mol. The first kappa shape index (κ1) is 16.5. The number of anilines is 1. The molecule has 0 spiro atoms. The summed E-state index contributed by atoms with van der Waals surface area (Å²) < 4.78 is 5.10. The van der Waals surface area contributed by atoms with Gasteiger partial charge in [-0.1, -0.05) is 0 Å². The minimum absolute atomic E-state index is 0.145. The first-order valence-electron chi connectivity index (χ1n) is 7.10. The molecule has 124 valence electrons. The molecule has 0 radical (unpaired) electrons. The van der Waals surface area contributed by atoms with Crippen molar-refractivity contribution < 1.29 is 19.2 Å². The molecule has 1 aliphatic heterocycles. The van der Waals surface area contributed by atoms with E-state index >= 15 is 0 Å². The van der Waals surface area contributed by atoms with Gasteiger partial charge in [0, 0.05) is 31.1 Å². The Morgan fingerprint density at radius 1 is 1.39 bits per heavy atom. The molecule has 0 bridgehead atoms. The van der Waals surface area contributed by atoms with E-state index in [-0.39, 0.29) is 23.2 Å². The van der Waals surface area contributed by atoms with Crippen LogP contribution >= 0.6 is 0 Å². The number of nitrogens with one attached hydrogen (secondary N) is 1. The van der Waals surface area contributed by atoms with Crippen LogP contribution in [0.1, 0.15) is 12.8 Å². The maximum atomic E-state index is 12.3. The van der Waals surface area contributed by atoms with Crippen LogP contribution in [0.5, 0.6) is 5.75 Å². The lowest BCUT2D eigenvalue weighted by Gasteiger charge is -2.30. The van der Waals surface area contributed by atoms with E-state index < -0.39 is 11.0 Å². The summed E-state index contributed by atoms with van der Waals surface area (Å²) in [5, 5.41) is 13.4. The van der Waals surface area contributed by atoms with Crippen molar-refractivity contribution in [2.24, 2.45) is 11.7 Å². The number of urea groups is 1. The zero-order chi connectivity index (χ0) is 17.0. The summed E-state index contributed by atoms with van der Waals surface area (Å²) in [4.78, 5) is 35.2. The number of nitrogens with zero attached hydrogens (tertiary/aromatic N) is 2. The molecule has 0 atom stereocenters. The second-order valence-corrected chi connectivity index (χ2v) is 5.24. The Bertz CT molecular complexity index is 626. The lowest BCUT2D eigenvalue weighted by Crippen LogP contribution is -2.43. The number of primary amides is 1. The molecule has 1 aromatic carbocycles. The molecule has 1 fully saturated rings. The van der Waals surface area contributed by atoms with Crippen LogP contribution in [0.3, 0.4) is 0 Å². The minimum Gasteiger partial charge on any atom is -0.495 e. The predicted molar refractivity (Wildman–Crippen MR) is 82.2 cm³/mol. The molecular formula is C14H18N4O5. The van der Waals surface area contributed by atoms with Crippen LogP contribution in [0.2, 0.25) is 0 Å². The number of carbonyl (C=O) groups excluding carboxylic acids is 2. The van der Waals surface area contributed by atoms with Gasteiger partial charge in [-0.2, -0.15) is 0 Å². The van der Waals surface area contributed by atoms with Crippen LogP contribution in [0, 0.1) is 16.0 Å². The SMILES string of the molecule is COc1ccc([N+](=O)[O-])cc1NC(=O)N1CCC(C(N)=O)CC1. The summed E-state index contributed by atoms with van der Waals surface area (Å²) in [5.74, 6) is -0.243. The number of rotatable bonds is 4. The van der Waals surface area contributed by atoms with Gasteiger partial charge in [-0.25, -0.2) is 4.79 Å². The molecule has 1 aromatic rings. The van der Waals surface area contributed by atoms with E-state index in [0.717, 1.165) is 0 Å². The molecule has 1 saturated heterocycles. The van der Waals surface area contributed by atoms with E-state index in [9.17, 15) is 19.7 Å². The van der Waals surface area contributed by atoms with Crippen LogP contribution in [-0.2, 0) is 4.79 Å². The number of nitrogens with two attached hydrogens (primary N) is 1. The topological polar surface area (TPSA) is 128 Å². The highest BCUT2D eigenvalue weighted by atomic mass is 16.6. The zero-order valence-corrected chi connectivity index (χ0v) is 12.7. The van der Waals surface area contributed by atoms with Crippen LogP contribution < -0.4 is 15.8 Å². The van der Waals surface area contributed by atoms with Crippen LogP contribution in [0.25, 0.3) is 0 Å². The van der Waals surface area contributed by atoms with E-state index in [1.807, 2.05) is 0 Å². The third-order valence-corrected chi connectivity index (χ3v) is 3.82. The number of methoxy groups -OCH3 is 1. The smallest absolute Gasteiger partial charge is 0.321 e. The third-order valence-electron chi connectivity index (χ3n) is 3.82. The van der Waals surface area contributed by atoms with Gasteiger partial charge in [0.1, 0.15) is 5.75 Å². The Balaban J connectivity index is 2.07. The normalized spacial score (nSPS) is 15.1. The highest BCUT2D eigenvalue weighted by Gasteiger charge is 2.26. The highest BCUT2D eigenvalue weighted by molar-refractivity contribution is 5.91. The highest BCUT2D eigenvalue weighted by Crippen LogP contribution is 2.29. The maximum Gasteiger partial charge on any atom is 0.321 e. The zero-order valence-electron chi connectivity index (χ0n) is 12.7. The number of hydrogen-bond donors (Lipinski definition) is 2. The van der Waals surface area contributed by atoms with E-state index in [1.54, 1.807) is 0 Å². The van der Waals surface area contributed by atoms with Gasteiger partial charge in [-0.15, -0.1) is 0 Å². The minimum atomic E-state index is -0.548. The molecule has 3 amide bonds. The third kappa shape index (κ3) is 3.87. The average Bonchev–Trinajstić information content (AvgIpc) is 2.54. The van der Waals surface area contributed by atoms with Crippen LogP contribution in [0.15, 0.2) is 18.2 Å². The number of ether oxygens (including phenoxy) is 1. The maximum absolute atomic E-state index is 12.3. The first-order chi connectivity index (χ1) is 10.9. The van der Waals surface area contributed by atoms with E-state index in [0.29, 0.717) is 31.7 Å². The molecule has 0 saturated carbocycles. The number of amides is 3. The number of carbonyl (C=O) groups is 2.